The van der Waals surface area contributed by atoms with E-state index in [0.717, 1.165) is 16.7 Å². The number of benzene rings is 2. The summed E-state index contributed by atoms with van der Waals surface area (Å²) in [5, 5.41) is 12.5. The molecular weight excluding hydrogens is 238 g/mol. The summed E-state index contributed by atoms with van der Waals surface area (Å²) >= 11 is 0. The zero-order valence-corrected chi connectivity index (χ0v) is 10.8. The highest BCUT2D eigenvalue weighted by Crippen LogP contribution is 2.18. The van der Waals surface area contributed by atoms with Gasteiger partial charge in [0.05, 0.1) is 0 Å². The van der Waals surface area contributed by atoms with E-state index >= 15 is 0 Å². The van der Waals surface area contributed by atoms with Crippen molar-refractivity contribution >= 4 is 5.97 Å². The second-order valence-electron chi connectivity index (χ2n) is 4.49. The normalized spacial score (nSPS) is 12.1. The number of nitrogens with one attached hydrogen (secondary N) is 1. The van der Waals surface area contributed by atoms with E-state index in [1.807, 2.05) is 61.5 Å². The quantitative estimate of drug-likeness (QED) is 0.863. The molecule has 1 atom stereocenters. The molecule has 19 heavy (non-hydrogen) atoms. The monoisotopic (exact) mass is 255 g/mol. The Morgan fingerprint density at radius 1 is 1.11 bits per heavy atom. The molecule has 0 bridgehead atoms. The summed E-state index contributed by atoms with van der Waals surface area (Å²) in [6.45, 7) is 2.46. The summed E-state index contributed by atoms with van der Waals surface area (Å²) in [6, 6.07) is 16.7. The standard InChI is InChI=1S/C16H17NO2/c1-12-7-5-6-10-14(12)15(16(18)19)17-11-13-8-3-2-4-9-13/h2-10,15,17H,11H2,1H3,(H,18,19)/t15-/m1/s1. The molecule has 2 rings (SSSR count). The van der Waals surface area contributed by atoms with Crippen molar-refractivity contribution in [3.8, 4) is 0 Å². The molecule has 0 saturated carbocycles. The number of aliphatic carboxylic acids is 1. The van der Waals surface area contributed by atoms with Gasteiger partial charge in [0.25, 0.3) is 0 Å². The third-order valence-corrected chi connectivity index (χ3v) is 3.10. The molecule has 0 unspecified atom stereocenters. The van der Waals surface area contributed by atoms with Gasteiger partial charge in [-0.1, -0.05) is 54.6 Å². The molecule has 0 amide bonds. The van der Waals surface area contributed by atoms with Crippen molar-refractivity contribution < 1.29 is 9.90 Å². The van der Waals surface area contributed by atoms with Crippen LogP contribution in [0.25, 0.3) is 0 Å². The van der Waals surface area contributed by atoms with Crippen molar-refractivity contribution in [1.82, 2.24) is 5.32 Å². The lowest BCUT2D eigenvalue weighted by atomic mass is 10.0. The molecule has 2 aromatic carbocycles. The van der Waals surface area contributed by atoms with E-state index in [-0.39, 0.29) is 0 Å². The zero-order valence-electron chi connectivity index (χ0n) is 10.8. The van der Waals surface area contributed by atoms with Gasteiger partial charge < -0.3 is 5.11 Å². The number of carboxylic acids is 1. The second kappa shape index (κ2) is 6.16. The van der Waals surface area contributed by atoms with E-state index in [4.69, 9.17) is 0 Å². The van der Waals surface area contributed by atoms with Crippen LogP contribution in [0.2, 0.25) is 0 Å². The molecule has 3 heteroatoms. The number of hydrogen-bond acceptors (Lipinski definition) is 2. The Hall–Kier alpha value is -2.13. The summed E-state index contributed by atoms with van der Waals surface area (Å²) in [7, 11) is 0. The first kappa shape index (κ1) is 13.3. The molecule has 0 radical (unpaired) electrons. The number of hydrogen-bond donors (Lipinski definition) is 2. The fourth-order valence-corrected chi connectivity index (χ4v) is 2.06. The van der Waals surface area contributed by atoms with Crippen LogP contribution in [-0.2, 0) is 11.3 Å². The van der Waals surface area contributed by atoms with Gasteiger partial charge in [0.15, 0.2) is 0 Å². The maximum Gasteiger partial charge on any atom is 0.325 e. The fourth-order valence-electron chi connectivity index (χ4n) is 2.06. The van der Waals surface area contributed by atoms with Crippen LogP contribution < -0.4 is 5.32 Å². The first-order chi connectivity index (χ1) is 9.18. The Morgan fingerprint density at radius 2 is 1.74 bits per heavy atom. The highest BCUT2D eigenvalue weighted by molar-refractivity contribution is 5.76. The topological polar surface area (TPSA) is 49.3 Å². The van der Waals surface area contributed by atoms with Crippen molar-refractivity contribution in [3.63, 3.8) is 0 Å². The van der Waals surface area contributed by atoms with Gasteiger partial charge in [-0.15, -0.1) is 0 Å². The van der Waals surface area contributed by atoms with Crippen molar-refractivity contribution in [2.24, 2.45) is 0 Å². The Kier molecular flexibility index (Phi) is 4.31. The Balaban J connectivity index is 2.14. The molecule has 0 aromatic heterocycles. The maximum absolute atomic E-state index is 11.4. The largest absolute Gasteiger partial charge is 0.480 e. The minimum atomic E-state index is -0.856. The molecule has 2 N–H and O–H groups in total. The van der Waals surface area contributed by atoms with Crippen LogP contribution in [0.15, 0.2) is 54.6 Å². The number of carboxylic acid groups (broad SMARTS) is 1. The van der Waals surface area contributed by atoms with Crippen LogP contribution in [0, 0.1) is 6.92 Å². The molecule has 98 valence electrons. The van der Waals surface area contributed by atoms with Crippen molar-refractivity contribution in [2.45, 2.75) is 19.5 Å². The van der Waals surface area contributed by atoms with Crippen molar-refractivity contribution in [3.05, 3.63) is 71.3 Å². The lowest BCUT2D eigenvalue weighted by Gasteiger charge is -2.17. The van der Waals surface area contributed by atoms with Crippen LogP contribution in [-0.4, -0.2) is 11.1 Å². The Morgan fingerprint density at radius 3 is 2.37 bits per heavy atom. The highest BCUT2D eigenvalue weighted by Gasteiger charge is 2.20. The molecule has 0 aliphatic rings. The third-order valence-electron chi connectivity index (χ3n) is 3.10. The van der Waals surface area contributed by atoms with E-state index in [2.05, 4.69) is 5.32 Å². The van der Waals surface area contributed by atoms with Crippen LogP contribution in [0.3, 0.4) is 0 Å². The molecule has 0 aliphatic heterocycles. The van der Waals surface area contributed by atoms with Gasteiger partial charge >= 0.3 is 5.97 Å². The SMILES string of the molecule is Cc1ccccc1[C@@H](NCc1ccccc1)C(=O)O. The number of aryl methyl sites for hydroxylation is 1. The predicted molar refractivity (Wildman–Crippen MR) is 74.8 cm³/mol. The zero-order chi connectivity index (χ0) is 13.7. The van der Waals surface area contributed by atoms with Crippen molar-refractivity contribution in [1.29, 1.82) is 0 Å². The van der Waals surface area contributed by atoms with Gasteiger partial charge in [0.1, 0.15) is 6.04 Å². The summed E-state index contributed by atoms with van der Waals surface area (Å²) < 4.78 is 0. The first-order valence-electron chi connectivity index (χ1n) is 6.24. The summed E-state index contributed by atoms with van der Waals surface area (Å²) in [6.07, 6.45) is 0. The second-order valence-corrected chi connectivity index (χ2v) is 4.49. The number of rotatable bonds is 5. The van der Waals surface area contributed by atoms with Crippen LogP contribution >= 0.6 is 0 Å². The molecular formula is C16H17NO2. The smallest absolute Gasteiger partial charge is 0.325 e. The maximum atomic E-state index is 11.4. The number of carbonyl (C=O) groups is 1. The van der Waals surface area contributed by atoms with E-state index < -0.39 is 12.0 Å². The highest BCUT2D eigenvalue weighted by atomic mass is 16.4. The average Bonchev–Trinajstić information content (AvgIpc) is 2.42. The summed E-state index contributed by atoms with van der Waals surface area (Å²) in [4.78, 5) is 11.4. The van der Waals surface area contributed by atoms with Crippen molar-refractivity contribution in [2.75, 3.05) is 0 Å². The minimum Gasteiger partial charge on any atom is -0.480 e. The lowest BCUT2D eigenvalue weighted by molar-refractivity contribution is -0.139. The van der Waals surface area contributed by atoms with Gasteiger partial charge in [0, 0.05) is 6.54 Å². The minimum absolute atomic E-state index is 0.534. The lowest BCUT2D eigenvalue weighted by Crippen LogP contribution is -2.28. The van der Waals surface area contributed by atoms with Gasteiger partial charge in [-0.2, -0.15) is 0 Å². The van der Waals surface area contributed by atoms with Gasteiger partial charge in [-0.05, 0) is 23.6 Å². The Bertz CT molecular complexity index is 552. The first-order valence-corrected chi connectivity index (χ1v) is 6.24. The van der Waals surface area contributed by atoms with Gasteiger partial charge in [-0.3, -0.25) is 10.1 Å². The van der Waals surface area contributed by atoms with Gasteiger partial charge in [0.2, 0.25) is 0 Å². The van der Waals surface area contributed by atoms with Crippen LogP contribution in [0.5, 0.6) is 0 Å². The summed E-state index contributed by atoms with van der Waals surface area (Å²) in [5.41, 5.74) is 2.86. The molecule has 2 aromatic rings. The van der Waals surface area contributed by atoms with Gasteiger partial charge in [-0.25, -0.2) is 0 Å². The van der Waals surface area contributed by atoms with Crippen LogP contribution in [0.4, 0.5) is 0 Å². The average molecular weight is 255 g/mol. The molecule has 0 aliphatic carbocycles. The third kappa shape index (κ3) is 3.42. The molecule has 3 nitrogen and oxygen atoms in total. The van der Waals surface area contributed by atoms with E-state index in [9.17, 15) is 9.90 Å². The molecule has 0 saturated heterocycles. The van der Waals surface area contributed by atoms with E-state index in [1.165, 1.54) is 0 Å². The summed E-state index contributed by atoms with van der Waals surface area (Å²) in [5.74, 6) is -0.856. The fraction of sp³-hybridized carbons (Fsp3) is 0.188. The van der Waals surface area contributed by atoms with Crippen LogP contribution in [0.1, 0.15) is 22.7 Å². The molecule has 0 fully saturated rings. The molecule has 0 spiro atoms. The molecule has 0 heterocycles. The predicted octanol–water partition coefficient (Wildman–Crippen LogP) is 2.91. The van der Waals surface area contributed by atoms with E-state index in [1.54, 1.807) is 0 Å². The Labute approximate surface area is 112 Å². The van der Waals surface area contributed by atoms with E-state index in [0.29, 0.717) is 6.54 Å².